The molecule has 2 aliphatic heterocycles. The molecule has 3 aromatic rings. The highest BCUT2D eigenvalue weighted by Crippen LogP contribution is 2.42. The number of nitrogens with zero attached hydrogens (tertiary/aromatic N) is 7. The molecule has 0 bridgehead atoms. The third kappa shape index (κ3) is 3.19. The van der Waals surface area contributed by atoms with Crippen molar-refractivity contribution in [2.45, 2.75) is 18.6 Å². The van der Waals surface area contributed by atoms with Crippen LogP contribution in [0.5, 0.6) is 0 Å². The van der Waals surface area contributed by atoms with E-state index in [0.717, 1.165) is 15.6 Å². The van der Waals surface area contributed by atoms with Gasteiger partial charge in [0.1, 0.15) is 29.1 Å². The van der Waals surface area contributed by atoms with Crippen LogP contribution < -0.4 is 4.90 Å². The number of pyridine rings is 1. The van der Waals surface area contributed by atoms with Crippen LogP contribution in [-0.4, -0.2) is 48.6 Å². The zero-order valence-corrected chi connectivity index (χ0v) is 19.2. The van der Waals surface area contributed by atoms with Gasteiger partial charge in [0.25, 0.3) is 0 Å². The Hall–Kier alpha value is -4.28. The molecule has 1 unspecified atom stereocenters. The van der Waals surface area contributed by atoms with Crippen molar-refractivity contribution in [3.63, 3.8) is 0 Å². The summed E-state index contributed by atoms with van der Waals surface area (Å²) in [5.74, 6) is 0.328. The van der Waals surface area contributed by atoms with Gasteiger partial charge in [-0.15, -0.1) is 16.7 Å². The van der Waals surface area contributed by atoms with Crippen molar-refractivity contribution < 1.29 is 14.2 Å². The molecule has 1 aromatic carbocycles. The van der Waals surface area contributed by atoms with E-state index in [4.69, 9.17) is 0 Å². The van der Waals surface area contributed by atoms with Gasteiger partial charge in [0.05, 0.1) is 36.5 Å². The number of aromatic nitrogens is 3. The standard InChI is InChI=1S/C24H18N7O2S/c1-14-28-17-12-27-13-19(21(17)29(14)2)31-23(32)22-18(30(24(31)33)9-5-8-25)10-20(34-22)16-7-4-3-6-15(16)11-26/h3-4,6-7,10,12-13,22H,5,9H2,1-2H3/q+1. The van der Waals surface area contributed by atoms with Crippen LogP contribution in [0, 0.1) is 29.6 Å². The van der Waals surface area contributed by atoms with Crippen LogP contribution in [0.25, 0.3) is 15.9 Å². The molecule has 166 valence electrons. The van der Waals surface area contributed by atoms with E-state index in [1.807, 2.05) is 30.7 Å². The summed E-state index contributed by atoms with van der Waals surface area (Å²) in [6.07, 6.45) is 4.98. The topological polar surface area (TPSA) is 119 Å². The number of allylic oxidation sites excluding steroid dienone is 1. The van der Waals surface area contributed by atoms with Gasteiger partial charge in [0.15, 0.2) is 10.9 Å². The molecule has 0 saturated heterocycles. The number of thioether (sulfide) groups is 1. The fourth-order valence-electron chi connectivity index (χ4n) is 4.25. The number of urea groups is 1. The summed E-state index contributed by atoms with van der Waals surface area (Å²) in [6.45, 7) is 1.98. The van der Waals surface area contributed by atoms with Gasteiger partial charge in [-0.2, -0.15) is 19.9 Å². The van der Waals surface area contributed by atoms with Crippen molar-refractivity contribution in [3.8, 4) is 12.1 Å². The van der Waals surface area contributed by atoms with E-state index >= 15 is 0 Å². The van der Waals surface area contributed by atoms with Crippen LogP contribution >= 0.6 is 11.8 Å². The maximum Gasteiger partial charge on any atom is 0.506 e. The molecule has 0 fully saturated rings. The van der Waals surface area contributed by atoms with Crippen molar-refractivity contribution in [2.75, 3.05) is 11.4 Å². The van der Waals surface area contributed by atoms with Crippen LogP contribution in [0.2, 0.25) is 0 Å². The Bertz CT molecular complexity index is 1540. The monoisotopic (exact) mass is 468 g/mol. The lowest BCUT2D eigenvalue weighted by molar-refractivity contribution is -0.425. The van der Waals surface area contributed by atoms with E-state index in [1.54, 1.807) is 24.4 Å². The molecule has 0 N–H and O–H groups in total. The first-order chi connectivity index (χ1) is 16.5. The second-order valence-corrected chi connectivity index (χ2v) is 9.00. The maximum absolute atomic E-state index is 13.7. The third-order valence-electron chi connectivity index (χ3n) is 5.95. The van der Waals surface area contributed by atoms with E-state index in [-0.39, 0.29) is 13.0 Å². The minimum atomic E-state index is -0.692. The number of carbonyl (C=O) groups excluding carboxylic acids is 2. The summed E-state index contributed by atoms with van der Waals surface area (Å²) in [4.78, 5) is 38.0. The second-order valence-electron chi connectivity index (χ2n) is 7.85. The van der Waals surface area contributed by atoms with Gasteiger partial charge in [-0.3, -0.25) is 4.98 Å². The first-order valence-corrected chi connectivity index (χ1v) is 11.4. The number of benzene rings is 1. The van der Waals surface area contributed by atoms with E-state index in [2.05, 4.69) is 22.1 Å². The molecule has 9 nitrogen and oxygen atoms in total. The number of nitriles is 2. The number of imidazole rings is 1. The minimum absolute atomic E-state index is 0.111. The summed E-state index contributed by atoms with van der Waals surface area (Å²) >= 11 is 1.30. The predicted octanol–water partition coefficient (Wildman–Crippen LogP) is 3.14. The Morgan fingerprint density at radius 1 is 1.21 bits per heavy atom. The SMILES string of the molecule is Cc1nc2cncc(N3C(=O)C4SC(c5ccccc5C#N)=CC4=[N+](CCC#N)C3=O)c2n1C. The van der Waals surface area contributed by atoms with Gasteiger partial charge in [-0.1, -0.05) is 18.2 Å². The Morgan fingerprint density at radius 2 is 2.00 bits per heavy atom. The number of anilines is 1. The number of hydrogen-bond acceptors (Lipinski definition) is 7. The number of aryl methyl sites for hydroxylation is 2. The van der Waals surface area contributed by atoms with Crippen molar-refractivity contribution in [1.29, 1.82) is 10.5 Å². The Kier molecular flexibility index (Phi) is 5.23. The molecule has 5 rings (SSSR count). The molecule has 0 radical (unpaired) electrons. The summed E-state index contributed by atoms with van der Waals surface area (Å²) in [5.41, 5.74) is 3.27. The van der Waals surface area contributed by atoms with E-state index in [1.165, 1.54) is 22.5 Å². The zero-order chi connectivity index (χ0) is 24.0. The number of amides is 3. The summed E-state index contributed by atoms with van der Waals surface area (Å²) in [5, 5.41) is 18.0. The molecule has 3 amide bonds. The van der Waals surface area contributed by atoms with Crippen molar-refractivity contribution in [2.24, 2.45) is 7.05 Å². The van der Waals surface area contributed by atoms with Gasteiger partial charge in [0, 0.05) is 17.5 Å². The van der Waals surface area contributed by atoms with Crippen LogP contribution in [-0.2, 0) is 11.8 Å². The lowest BCUT2D eigenvalue weighted by Crippen LogP contribution is -2.55. The van der Waals surface area contributed by atoms with Gasteiger partial charge in [-0.25, -0.2) is 9.78 Å². The van der Waals surface area contributed by atoms with E-state index < -0.39 is 17.2 Å². The highest BCUT2D eigenvalue weighted by Gasteiger charge is 2.52. The largest absolute Gasteiger partial charge is 0.506 e. The van der Waals surface area contributed by atoms with Crippen molar-refractivity contribution in [1.82, 2.24) is 14.5 Å². The summed E-state index contributed by atoms with van der Waals surface area (Å²) in [7, 11) is 1.82. The number of imide groups is 1. The third-order valence-corrected chi connectivity index (χ3v) is 7.22. The quantitative estimate of drug-likeness (QED) is 0.540. The molecule has 0 saturated carbocycles. The maximum atomic E-state index is 13.7. The number of fused-ring (bicyclic) bond motifs is 2. The van der Waals surface area contributed by atoms with Crippen LogP contribution in [0.4, 0.5) is 10.5 Å². The first kappa shape index (κ1) is 21.6. The van der Waals surface area contributed by atoms with Crippen LogP contribution in [0.1, 0.15) is 23.4 Å². The first-order valence-electron chi connectivity index (χ1n) is 10.5. The normalized spacial score (nSPS) is 17.6. The highest BCUT2D eigenvalue weighted by molar-refractivity contribution is 8.10. The molecule has 10 heteroatoms. The minimum Gasteiger partial charge on any atom is -0.328 e. The molecule has 4 heterocycles. The van der Waals surface area contributed by atoms with Crippen LogP contribution in [0.15, 0.2) is 42.7 Å². The Labute approximate surface area is 199 Å². The molecule has 2 aliphatic rings. The van der Waals surface area contributed by atoms with Gasteiger partial charge in [0.2, 0.25) is 0 Å². The Balaban J connectivity index is 1.66. The van der Waals surface area contributed by atoms with Gasteiger partial charge >= 0.3 is 11.9 Å². The Morgan fingerprint density at radius 3 is 2.76 bits per heavy atom. The molecule has 2 aromatic heterocycles. The van der Waals surface area contributed by atoms with Gasteiger partial charge in [-0.05, 0) is 19.1 Å². The molecule has 1 atom stereocenters. The zero-order valence-electron chi connectivity index (χ0n) is 18.4. The molecular weight excluding hydrogens is 450 g/mol. The number of carbonyl (C=O) groups is 2. The fourth-order valence-corrected chi connectivity index (χ4v) is 5.52. The molecular formula is C24H18N7O2S+. The average Bonchev–Trinajstić information content (AvgIpc) is 3.41. The average molecular weight is 469 g/mol. The molecule has 0 spiro atoms. The fraction of sp³-hybridized carbons (Fsp3) is 0.208. The van der Waals surface area contributed by atoms with Crippen molar-refractivity contribution >= 4 is 51.0 Å². The molecule has 34 heavy (non-hydrogen) atoms. The molecule has 0 aliphatic carbocycles. The lowest BCUT2D eigenvalue weighted by atomic mass is 10.1. The predicted molar refractivity (Wildman–Crippen MR) is 127 cm³/mol. The van der Waals surface area contributed by atoms with E-state index in [9.17, 15) is 20.1 Å². The van der Waals surface area contributed by atoms with E-state index in [0.29, 0.717) is 33.6 Å². The number of hydrogen-bond donors (Lipinski definition) is 0. The summed E-state index contributed by atoms with van der Waals surface area (Å²) in [6, 6.07) is 10.9. The van der Waals surface area contributed by atoms with Crippen LogP contribution in [0.3, 0.4) is 0 Å². The second kappa shape index (κ2) is 8.25. The summed E-state index contributed by atoms with van der Waals surface area (Å²) < 4.78 is 3.30. The van der Waals surface area contributed by atoms with Crippen molar-refractivity contribution in [3.05, 3.63) is 59.7 Å². The highest BCUT2D eigenvalue weighted by atomic mass is 32.2. The smallest absolute Gasteiger partial charge is 0.328 e. The lowest BCUT2D eigenvalue weighted by Gasteiger charge is -2.24. The van der Waals surface area contributed by atoms with Gasteiger partial charge < -0.3 is 4.57 Å². The number of rotatable bonds is 4.